The fourth-order valence-corrected chi connectivity index (χ4v) is 3.39. The molecule has 7 nitrogen and oxygen atoms in total. The van der Waals surface area contributed by atoms with Crippen molar-refractivity contribution in [2.75, 3.05) is 26.3 Å². The first-order chi connectivity index (χ1) is 11.8. The molecule has 0 aromatic carbocycles. The minimum Gasteiger partial charge on any atom is -0.379 e. The van der Waals surface area contributed by atoms with Crippen LogP contribution in [0.3, 0.4) is 0 Å². The molecule has 0 radical (unpaired) electrons. The van der Waals surface area contributed by atoms with E-state index in [-0.39, 0.29) is 11.9 Å². The fraction of sp³-hybridized carbons (Fsp3) is 0.500. The molecule has 8 heteroatoms. The molecule has 1 aliphatic heterocycles. The summed E-state index contributed by atoms with van der Waals surface area (Å²) in [6, 6.07) is 3.43. The van der Waals surface area contributed by atoms with E-state index >= 15 is 0 Å². The van der Waals surface area contributed by atoms with Crippen molar-refractivity contribution < 1.29 is 9.53 Å². The third kappa shape index (κ3) is 4.14. The fourth-order valence-electron chi connectivity index (χ4n) is 2.66. The molecule has 3 rings (SSSR count). The summed E-state index contributed by atoms with van der Waals surface area (Å²) in [5, 5.41) is 13.0. The summed E-state index contributed by atoms with van der Waals surface area (Å²) in [5.74, 6) is -0.0434. The molecule has 2 aromatic heterocycles. The first-order valence-corrected chi connectivity index (χ1v) is 8.90. The summed E-state index contributed by atoms with van der Waals surface area (Å²) in [6.45, 7) is 5.18. The molecule has 1 amide bonds. The minimum atomic E-state index is -0.360. The lowest BCUT2D eigenvalue weighted by atomic mass is 10.1. The van der Waals surface area contributed by atoms with E-state index in [0.29, 0.717) is 19.8 Å². The maximum Gasteiger partial charge on any atom is 0.242 e. The number of pyridine rings is 1. The number of carbonyl (C=O) groups is 1. The Bertz CT molecular complexity index is 657. The predicted octanol–water partition coefficient (Wildman–Crippen LogP) is 1.19. The summed E-state index contributed by atoms with van der Waals surface area (Å²) in [7, 11) is 0. The molecule has 1 N–H and O–H groups in total. The third-order valence-corrected chi connectivity index (χ3v) is 4.95. The van der Waals surface area contributed by atoms with Gasteiger partial charge in [0.1, 0.15) is 16.1 Å². The van der Waals surface area contributed by atoms with Gasteiger partial charge in [-0.2, -0.15) is 0 Å². The van der Waals surface area contributed by atoms with Crippen LogP contribution in [0.4, 0.5) is 0 Å². The van der Waals surface area contributed by atoms with Gasteiger partial charge in [0.15, 0.2) is 0 Å². The molecule has 128 valence electrons. The lowest BCUT2D eigenvalue weighted by Crippen LogP contribution is -2.45. The van der Waals surface area contributed by atoms with Gasteiger partial charge in [-0.25, -0.2) is 0 Å². The summed E-state index contributed by atoms with van der Waals surface area (Å²) in [6.07, 6.45) is 4.32. The van der Waals surface area contributed by atoms with Gasteiger partial charge in [-0.3, -0.25) is 14.7 Å². The molecule has 0 spiro atoms. The van der Waals surface area contributed by atoms with E-state index in [1.54, 1.807) is 12.4 Å². The van der Waals surface area contributed by atoms with Gasteiger partial charge in [0.2, 0.25) is 5.91 Å². The lowest BCUT2D eigenvalue weighted by Gasteiger charge is -2.33. The highest BCUT2D eigenvalue weighted by Gasteiger charge is 2.29. The molecule has 1 saturated heterocycles. The normalized spacial score (nSPS) is 16.7. The van der Waals surface area contributed by atoms with Gasteiger partial charge < -0.3 is 10.1 Å². The summed E-state index contributed by atoms with van der Waals surface area (Å²) in [4.78, 5) is 19.1. The monoisotopic (exact) mass is 347 g/mol. The molecule has 2 aromatic rings. The SMILES string of the molecule is CCc1nnc(CNC(=O)C(c2cccnc2)N2CCOCC2)s1. The highest BCUT2D eigenvalue weighted by Crippen LogP contribution is 2.21. The number of nitrogens with one attached hydrogen (secondary N) is 1. The maximum atomic E-state index is 12.8. The zero-order valence-corrected chi connectivity index (χ0v) is 14.5. The van der Waals surface area contributed by atoms with Crippen LogP contribution in [0.5, 0.6) is 0 Å². The number of aromatic nitrogens is 3. The zero-order chi connectivity index (χ0) is 16.8. The van der Waals surface area contributed by atoms with Crippen LogP contribution in [0.1, 0.15) is 28.5 Å². The van der Waals surface area contributed by atoms with Crippen molar-refractivity contribution >= 4 is 17.2 Å². The van der Waals surface area contributed by atoms with Crippen LogP contribution in [-0.4, -0.2) is 52.3 Å². The van der Waals surface area contributed by atoms with Crippen molar-refractivity contribution in [2.45, 2.75) is 25.9 Å². The van der Waals surface area contributed by atoms with Crippen LogP contribution in [0.25, 0.3) is 0 Å². The largest absolute Gasteiger partial charge is 0.379 e. The number of carbonyl (C=O) groups excluding carboxylic acids is 1. The Morgan fingerprint density at radius 2 is 2.17 bits per heavy atom. The van der Waals surface area contributed by atoms with E-state index in [1.807, 2.05) is 19.1 Å². The van der Waals surface area contributed by atoms with Crippen molar-refractivity contribution in [2.24, 2.45) is 0 Å². The Kier molecular flexibility index (Phi) is 5.84. The molecule has 24 heavy (non-hydrogen) atoms. The molecule has 0 saturated carbocycles. The lowest BCUT2D eigenvalue weighted by molar-refractivity contribution is -0.128. The Hall–Kier alpha value is -1.90. The molecule has 3 heterocycles. The van der Waals surface area contributed by atoms with Crippen molar-refractivity contribution in [3.8, 4) is 0 Å². The van der Waals surface area contributed by atoms with Gasteiger partial charge in [0.05, 0.1) is 19.8 Å². The van der Waals surface area contributed by atoms with Gasteiger partial charge >= 0.3 is 0 Å². The Morgan fingerprint density at radius 1 is 1.38 bits per heavy atom. The minimum absolute atomic E-state index is 0.0434. The van der Waals surface area contributed by atoms with Crippen LogP contribution in [0.15, 0.2) is 24.5 Å². The van der Waals surface area contributed by atoms with Crippen molar-refractivity contribution in [3.05, 3.63) is 40.1 Å². The number of nitrogens with zero attached hydrogens (tertiary/aromatic N) is 4. The summed E-state index contributed by atoms with van der Waals surface area (Å²) >= 11 is 1.54. The van der Waals surface area contributed by atoms with E-state index in [4.69, 9.17) is 4.74 Å². The third-order valence-electron chi connectivity index (χ3n) is 3.88. The summed E-state index contributed by atoms with van der Waals surface area (Å²) in [5.41, 5.74) is 0.892. The van der Waals surface area contributed by atoms with E-state index in [9.17, 15) is 4.79 Å². The van der Waals surface area contributed by atoms with Gasteiger partial charge in [0.25, 0.3) is 0 Å². The second-order valence-electron chi connectivity index (χ2n) is 5.50. The number of amides is 1. The molecule has 1 unspecified atom stereocenters. The zero-order valence-electron chi connectivity index (χ0n) is 13.6. The molecular formula is C16H21N5O2S. The average molecular weight is 347 g/mol. The Labute approximate surface area is 145 Å². The van der Waals surface area contributed by atoms with Crippen LogP contribution in [0.2, 0.25) is 0 Å². The molecule has 0 aliphatic carbocycles. The van der Waals surface area contributed by atoms with E-state index in [0.717, 1.165) is 35.1 Å². The Balaban J connectivity index is 1.70. The number of hydrogen-bond acceptors (Lipinski definition) is 7. The number of hydrogen-bond donors (Lipinski definition) is 1. The number of rotatable bonds is 6. The van der Waals surface area contributed by atoms with Crippen LogP contribution >= 0.6 is 11.3 Å². The average Bonchev–Trinajstić information content (AvgIpc) is 3.10. The highest BCUT2D eigenvalue weighted by molar-refractivity contribution is 7.11. The predicted molar refractivity (Wildman–Crippen MR) is 90.5 cm³/mol. The molecular weight excluding hydrogens is 326 g/mol. The van der Waals surface area contributed by atoms with Crippen LogP contribution in [-0.2, 0) is 22.5 Å². The first-order valence-electron chi connectivity index (χ1n) is 8.08. The standard InChI is InChI=1S/C16H21N5O2S/c1-2-13-19-20-14(24-13)11-18-16(22)15(12-4-3-5-17-10-12)21-6-8-23-9-7-21/h3-5,10,15H,2,6-9,11H2,1H3,(H,18,22). The van der Waals surface area contributed by atoms with E-state index in [2.05, 4.69) is 25.4 Å². The van der Waals surface area contributed by atoms with Crippen molar-refractivity contribution in [3.63, 3.8) is 0 Å². The van der Waals surface area contributed by atoms with E-state index < -0.39 is 0 Å². The van der Waals surface area contributed by atoms with Crippen molar-refractivity contribution in [1.82, 2.24) is 25.4 Å². The van der Waals surface area contributed by atoms with Gasteiger partial charge in [0, 0.05) is 25.5 Å². The van der Waals surface area contributed by atoms with Crippen molar-refractivity contribution in [1.29, 1.82) is 0 Å². The number of aryl methyl sites for hydroxylation is 1. The molecule has 0 bridgehead atoms. The van der Waals surface area contributed by atoms with Crippen LogP contribution < -0.4 is 5.32 Å². The van der Waals surface area contributed by atoms with E-state index in [1.165, 1.54) is 11.3 Å². The second-order valence-corrected chi connectivity index (χ2v) is 6.64. The Morgan fingerprint density at radius 3 is 2.83 bits per heavy atom. The topological polar surface area (TPSA) is 80.2 Å². The second kappa shape index (κ2) is 8.27. The molecule has 1 aliphatic rings. The quantitative estimate of drug-likeness (QED) is 0.845. The van der Waals surface area contributed by atoms with Crippen LogP contribution in [0, 0.1) is 0 Å². The number of morpholine rings is 1. The van der Waals surface area contributed by atoms with Gasteiger partial charge in [-0.1, -0.05) is 24.3 Å². The number of ether oxygens (including phenoxy) is 1. The van der Waals surface area contributed by atoms with Gasteiger partial charge in [-0.05, 0) is 18.1 Å². The molecule has 1 fully saturated rings. The van der Waals surface area contributed by atoms with Gasteiger partial charge in [-0.15, -0.1) is 10.2 Å². The smallest absolute Gasteiger partial charge is 0.242 e. The maximum absolute atomic E-state index is 12.8. The first kappa shape index (κ1) is 16.9. The molecule has 1 atom stereocenters. The summed E-state index contributed by atoms with van der Waals surface area (Å²) < 4.78 is 5.40. The highest BCUT2D eigenvalue weighted by atomic mass is 32.1.